The average molecular weight is 188 g/mol. The Morgan fingerprint density at radius 3 is 2.55 bits per heavy atom. The first-order chi connectivity index (χ1) is 4.58. The van der Waals surface area contributed by atoms with E-state index in [9.17, 15) is 13.0 Å². The zero-order chi connectivity index (χ0) is 7.61. The molecule has 0 aromatic rings. The van der Waals surface area contributed by atoms with Gasteiger partial charge in [-0.05, 0) is 12.8 Å². The smallest absolute Gasteiger partial charge is 0.748 e. The van der Waals surface area contributed by atoms with Crippen LogP contribution >= 0.6 is 0 Å². The van der Waals surface area contributed by atoms with Crippen LogP contribution in [-0.2, 0) is 14.9 Å². The maximum absolute atomic E-state index is 10.2. The Hall–Kier alpha value is 0.870. The average Bonchev–Trinajstić information content (AvgIpc) is 2.12. The number of rotatable bonds is 2. The Morgan fingerprint density at radius 1 is 1.55 bits per heavy atom. The van der Waals surface area contributed by atoms with Gasteiger partial charge in [-0.2, -0.15) is 0 Å². The van der Waals surface area contributed by atoms with Crippen molar-refractivity contribution in [3.63, 3.8) is 0 Å². The van der Waals surface area contributed by atoms with Crippen molar-refractivity contribution in [1.29, 1.82) is 0 Å². The van der Waals surface area contributed by atoms with Crippen molar-refractivity contribution in [3.05, 3.63) is 0 Å². The van der Waals surface area contributed by atoms with Crippen LogP contribution in [0.15, 0.2) is 0 Å². The van der Waals surface area contributed by atoms with Crippen LogP contribution in [0.3, 0.4) is 0 Å². The largest absolute Gasteiger partial charge is 1.00 e. The summed E-state index contributed by atoms with van der Waals surface area (Å²) in [5, 5.41) is 0. The van der Waals surface area contributed by atoms with Crippen molar-refractivity contribution in [2.75, 3.05) is 12.4 Å². The van der Waals surface area contributed by atoms with Crippen molar-refractivity contribution >= 4 is 10.1 Å². The summed E-state index contributed by atoms with van der Waals surface area (Å²) in [6, 6.07) is 0. The van der Waals surface area contributed by atoms with Crippen LogP contribution in [-0.4, -0.2) is 31.4 Å². The van der Waals surface area contributed by atoms with Gasteiger partial charge in [-0.1, -0.05) is 0 Å². The molecule has 1 fully saturated rings. The van der Waals surface area contributed by atoms with Crippen molar-refractivity contribution in [2.45, 2.75) is 18.9 Å². The van der Waals surface area contributed by atoms with Gasteiger partial charge in [-0.15, -0.1) is 0 Å². The van der Waals surface area contributed by atoms with Gasteiger partial charge in [0, 0.05) is 6.61 Å². The standard InChI is InChI=1S/C5H10O4S.Na/c6-10(7,8)4-5-2-1-3-9-5;/h5H,1-4H2,(H,6,7,8);/q;+1/p-1. The molecule has 1 heterocycles. The molecular weight excluding hydrogens is 179 g/mol. The van der Waals surface area contributed by atoms with Gasteiger partial charge in [0.25, 0.3) is 0 Å². The Morgan fingerprint density at radius 2 is 2.18 bits per heavy atom. The van der Waals surface area contributed by atoms with Gasteiger partial charge in [0.05, 0.1) is 22.0 Å². The van der Waals surface area contributed by atoms with Crippen molar-refractivity contribution in [2.24, 2.45) is 0 Å². The van der Waals surface area contributed by atoms with E-state index < -0.39 is 10.1 Å². The van der Waals surface area contributed by atoms with Crippen LogP contribution in [0.5, 0.6) is 0 Å². The van der Waals surface area contributed by atoms with Gasteiger partial charge in [-0.3, -0.25) is 0 Å². The second-order valence-corrected chi connectivity index (χ2v) is 3.81. The Labute approximate surface area is 88.3 Å². The summed E-state index contributed by atoms with van der Waals surface area (Å²) in [6.45, 7) is 0.584. The maximum Gasteiger partial charge on any atom is 1.00 e. The van der Waals surface area contributed by atoms with Gasteiger partial charge in [0.2, 0.25) is 0 Å². The molecule has 1 rings (SSSR count). The molecule has 0 saturated carbocycles. The van der Waals surface area contributed by atoms with Gasteiger partial charge in [-0.25, -0.2) is 8.42 Å². The number of ether oxygens (including phenoxy) is 1. The van der Waals surface area contributed by atoms with E-state index in [2.05, 4.69) is 0 Å². The van der Waals surface area contributed by atoms with E-state index in [0.717, 1.165) is 6.42 Å². The second-order valence-electron chi connectivity index (χ2n) is 2.36. The molecule has 1 atom stereocenters. The maximum atomic E-state index is 10.2. The van der Waals surface area contributed by atoms with Crippen molar-refractivity contribution in [3.8, 4) is 0 Å². The Kier molecular flexibility index (Phi) is 5.17. The summed E-state index contributed by atoms with van der Waals surface area (Å²) in [5.41, 5.74) is 0. The molecule has 11 heavy (non-hydrogen) atoms. The molecule has 0 radical (unpaired) electrons. The summed E-state index contributed by atoms with van der Waals surface area (Å²) < 4.78 is 35.4. The molecule has 0 aromatic heterocycles. The molecule has 6 heteroatoms. The summed E-state index contributed by atoms with van der Waals surface area (Å²) in [4.78, 5) is 0. The summed E-state index contributed by atoms with van der Waals surface area (Å²) >= 11 is 0. The van der Waals surface area contributed by atoms with Crippen molar-refractivity contribution < 1.29 is 47.3 Å². The molecule has 1 aliphatic rings. The fraction of sp³-hybridized carbons (Fsp3) is 1.00. The second kappa shape index (κ2) is 4.79. The van der Waals surface area contributed by atoms with Crippen LogP contribution in [0.1, 0.15) is 12.8 Å². The molecule has 1 aliphatic heterocycles. The minimum atomic E-state index is -4.08. The Balaban J connectivity index is 0.000001000. The third kappa shape index (κ3) is 5.16. The third-order valence-corrected chi connectivity index (χ3v) is 2.19. The van der Waals surface area contributed by atoms with E-state index in [1.54, 1.807) is 0 Å². The molecule has 0 aromatic carbocycles. The fourth-order valence-electron chi connectivity index (χ4n) is 1.00. The first-order valence-electron chi connectivity index (χ1n) is 3.13. The minimum Gasteiger partial charge on any atom is -0.748 e. The molecule has 0 bridgehead atoms. The zero-order valence-electron chi connectivity index (χ0n) is 6.45. The van der Waals surface area contributed by atoms with Crippen LogP contribution in [0, 0.1) is 0 Å². The molecule has 0 N–H and O–H groups in total. The quantitative estimate of drug-likeness (QED) is 0.336. The molecule has 0 spiro atoms. The van der Waals surface area contributed by atoms with Gasteiger partial charge in [0.1, 0.15) is 0 Å². The van der Waals surface area contributed by atoms with E-state index in [4.69, 9.17) is 4.74 Å². The summed E-state index contributed by atoms with van der Waals surface area (Å²) in [6.07, 6.45) is 1.21. The zero-order valence-corrected chi connectivity index (χ0v) is 9.26. The predicted octanol–water partition coefficient (Wildman–Crippen LogP) is -3.29. The van der Waals surface area contributed by atoms with Gasteiger partial charge >= 0.3 is 29.6 Å². The SMILES string of the molecule is O=S(=O)([O-])CC1CCCO1.[Na+]. The number of hydrogen-bond donors (Lipinski definition) is 0. The van der Waals surface area contributed by atoms with Crippen LogP contribution in [0.25, 0.3) is 0 Å². The summed E-state index contributed by atoms with van der Waals surface area (Å²) in [5.74, 6) is -0.368. The van der Waals surface area contributed by atoms with Crippen molar-refractivity contribution in [1.82, 2.24) is 0 Å². The molecular formula is C5H9NaO4S. The molecule has 60 valence electrons. The molecule has 1 unspecified atom stereocenters. The van der Waals surface area contributed by atoms with E-state index >= 15 is 0 Å². The van der Waals surface area contributed by atoms with Crippen LogP contribution < -0.4 is 29.6 Å². The minimum absolute atomic E-state index is 0. The summed E-state index contributed by atoms with van der Waals surface area (Å²) in [7, 11) is -4.08. The number of hydrogen-bond acceptors (Lipinski definition) is 4. The first-order valence-corrected chi connectivity index (χ1v) is 4.71. The van der Waals surface area contributed by atoms with Gasteiger partial charge < -0.3 is 9.29 Å². The topological polar surface area (TPSA) is 66.4 Å². The van der Waals surface area contributed by atoms with Gasteiger partial charge in [0.15, 0.2) is 0 Å². The normalized spacial score (nSPS) is 24.6. The fourth-order valence-corrected chi connectivity index (χ4v) is 1.72. The monoisotopic (exact) mass is 188 g/mol. The molecule has 1 saturated heterocycles. The third-order valence-electron chi connectivity index (χ3n) is 1.41. The molecule has 0 aliphatic carbocycles. The molecule has 0 amide bonds. The van der Waals surface area contributed by atoms with Crippen LogP contribution in [0.2, 0.25) is 0 Å². The first kappa shape index (κ1) is 11.9. The van der Waals surface area contributed by atoms with E-state index in [0.29, 0.717) is 13.0 Å². The Bertz CT molecular complexity index is 195. The van der Waals surface area contributed by atoms with E-state index in [-0.39, 0.29) is 41.4 Å². The van der Waals surface area contributed by atoms with Crippen LogP contribution in [0.4, 0.5) is 0 Å². The van der Waals surface area contributed by atoms with E-state index in [1.165, 1.54) is 0 Å². The predicted molar refractivity (Wildman–Crippen MR) is 33.5 cm³/mol. The molecule has 4 nitrogen and oxygen atoms in total. The van der Waals surface area contributed by atoms with E-state index in [1.807, 2.05) is 0 Å².